The van der Waals surface area contributed by atoms with E-state index in [0.29, 0.717) is 50.5 Å². The molecule has 2 saturated heterocycles. The lowest BCUT2D eigenvalue weighted by Gasteiger charge is -2.51. The second kappa shape index (κ2) is 12.0. The van der Waals surface area contributed by atoms with Gasteiger partial charge in [0.05, 0.1) is 17.4 Å². The second-order valence-corrected chi connectivity index (χ2v) is 11.9. The number of benzene rings is 1. The fourth-order valence-electron chi connectivity index (χ4n) is 5.55. The molecule has 2 aliphatic rings. The van der Waals surface area contributed by atoms with Crippen molar-refractivity contribution in [2.45, 2.75) is 71.4 Å². The van der Waals surface area contributed by atoms with Crippen molar-refractivity contribution in [3.8, 4) is 0 Å². The Morgan fingerprint density at radius 1 is 1.11 bits per heavy atom. The van der Waals surface area contributed by atoms with Crippen LogP contribution in [0, 0.1) is 17.3 Å². The Balaban J connectivity index is 1.57. The Bertz CT molecular complexity index is 1050. The largest absolute Gasteiger partial charge is 0.384 e. The van der Waals surface area contributed by atoms with Gasteiger partial charge in [0.15, 0.2) is 0 Å². The number of primary amides is 1. The lowest BCUT2D eigenvalue weighted by Crippen LogP contribution is -2.58. The van der Waals surface area contributed by atoms with Gasteiger partial charge >= 0.3 is 0 Å². The molecule has 2 unspecified atom stereocenters. The van der Waals surface area contributed by atoms with E-state index >= 15 is 0 Å². The van der Waals surface area contributed by atoms with E-state index in [-0.39, 0.29) is 36.5 Å². The molecule has 0 bridgehead atoms. The highest BCUT2D eigenvalue weighted by atomic mass is 35.5. The maximum atomic E-state index is 13.4. The van der Waals surface area contributed by atoms with Crippen LogP contribution in [0.4, 0.5) is 0 Å². The van der Waals surface area contributed by atoms with Crippen LogP contribution in [0.5, 0.6) is 0 Å². The molecule has 2 fully saturated rings. The fourth-order valence-corrected chi connectivity index (χ4v) is 5.67. The summed E-state index contributed by atoms with van der Waals surface area (Å²) in [6.45, 7) is 9.16. The van der Waals surface area contributed by atoms with Crippen molar-refractivity contribution >= 4 is 35.2 Å². The molecule has 9 nitrogen and oxygen atoms in total. The number of carbonyl (C=O) groups is 4. The topological polar surface area (TPSA) is 133 Å². The molecule has 0 spiro atoms. The van der Waals surface area contributed by atoms with Crippen LogP contribution >= 0.6 is 11.6 Å². The number of nitrogens with two attached hydrogens (primary N) is 1. The van der Waals surface area contributed by atoms with Crippen LogP contribution in [0.3, 0.4) is 0 Å². The van der Waals surface area contributed by atoms with Crippen molar-refractivity contribution in [1.29, 1.82) is 0 Å². The number of amides is 4. The van der Waals surface area contributed by atoms with Gasteiger partial charge in [-0.2, -0.15) is 0 Å². The van der Waals surface area contributed by atoms with E-state index in [0.717, 1.165) is 5.56 Å². The summed E-state index contributed by atoms with van der Waals surface area (Å²) in [5.41, 5.74) is 4.22. The molecule has 38 heavy (non-hydrogen) atoms. The average Bonchev–Trinajstić information content (AvgIpc) is 2.88. The van der Waals surface area contributed by atoms with Gasteiger partial charge in [0, 0.05) is 55.5 Å². The molecule has 0 aliphatic carbocycles. The van der Waals surface area contributed by atoms with Crippen LogP contribution in [0.2, 0.25) is 5.02 Å². The number of aliphatic hydroxyl groups is 1. The third-order valence-electron chi connectivity index (χ3n) is 8.32. The Kier molecular flexibility index (Phi) is 9.47. The van der Waals surface area contributed by atoms with Crippen LogP contribution in [-0.4, -0.2) is 70.8 Å². The van der Waals surface area contributed by atoms with Gasteiger partial charge in [-0.1, -0.05) is 44.5 Å². The molecule has 4 atom stereocenters. The van der Waals surface area contributed by atoms with Gasteiger partial charge in [-0.3, -0.25) is 19.2 Å². The molecule has 210 valence electrons. The van der Waals surface area contributed by atoms with Crippen molar-refractivity contribution in [2.75, 3.05) is 26.2 Å². The summed E-state index contributed by atoms with van der Waals surface area (Å²) in [5, 5.41) is 15.2. The summed E-state index contributed by atoms with van der Waals surface area (Å²) in [6, 6.07) is 6.78. The van der Waals surface area contributed by atoms with Gasteiger partial charge in [0.25, 0.3) is 0 Å². The number of hydrogen-bond acceptors (Lipinski definition) is 5. The number of rotatable bonds is 8. The highest BCUT2D eigenvalue weighted by molar-refractivity contribution is 6.30. The summed E-state index contributed by atoms with van der Waals surface area (Å²) in [4.78, 5) is 53.2. The van der Waals surface area contributed by atoms with Crippen molar-refractivity contribution in [3.05, 3.63) is 34.9 Å². The van der Waals surface area contributed by atoms with Gasteiger partial charge in [-0.15, -0.1) is 0 Å². The van der Waals surface area contributed by atoms with Crippen molar-refractivity contribution < 1.29 is 24.3 Å². The van der Waals surface area contributed by atoms with Crippen molar-refractivity contribution in [2.24, 2.45) is 23.0 Å². The number of likely N-dealkylation sites (tertiary alicyclic amines) is 2. The summed E-state index contributed by atoms with van der Waals surface area (Å²) in [5.74, 6) is -1.78. The number of piperidine rings is 2. The number of halogens is 1. The van der Waals surface area contributed by atoms with Crippen LogP contribution in [0.25, 0.3) is 0 Å². The highest BCUT2D eigenvalue weighted by Gasteiger charge is 2.50. The quantitative estimate of drug-likeness (QED) is 0.459. The van der Waals surface area contributed by atoms with Gasteiger partial charge < -0.3 is 26.0 Å². The number of nitrogens with one attached hydrogen (secondary N) is 1. The maximum Gasteiger partial charge on any atom is 0.227 e. The second-order valence-electron chi connectivity index (χ2n) is 11.5. The zero-order valence-corrected chi connectivity index (χ0v) is 23.6. The smallest absolute Gasteiger partial charge is 0.227 e. The first-order valence-electron chi connectivity index (χ1n) is 13.4. The molecule has 0 radical (unpaired) electrons. The number of carbonyl (C=O) groups excluding carboxylic acids is 4. The lowest BCUT2D eigenvalue weighted by molar-refractivity contribution is -0.157. The standard InChI is InChI=1S/C28H41ClN4O5/c1-18(19(2)31-25(36)20-6-5-14-32(16-20)24(35)12-11-23(30)34)26(37)33-15-13-28(38,27(3,4)17-33)21-7-9-22(29)10-8-21/h7-10,18-20,38H,5-6,11-17H2,1-4H3,(H2,30,34)(H,31,36)/t18-,19?,20?,28+/m1/s1. The minimum Gasteiger partial charge on any atom is -0.384 e. The van der Waals surface area contributed by atoms with Crippen LogP contribution in [0.15, 0.2) is 24.3 Å². The fraction of sp³-hybridized carbons (Fsp3) is 0.643. The molecular formula is C28H41ClN4O5. The first-order chi connectivity index (χ1) is 17.7. The summed E-state index contributed by atoms with van der Waals surface area (Å²) in [7, 11) is 0. The monoisotopic (exact) mass is 548 g/mol. The zero-order valence-electron chi connectivity index (χ0n) is 22.8. The third kappa shape index (κ3) is 6.67. The van der Waals surface area contributed by atoms with Crippen LogP contribution in [0.1, 0.15) is 65.4 Å². The molecule has 0 saturated carbocycles. The van der Waals surface area contributed by atoms with E-state index < -0.39 is 28.9 Å². The van der Waals surface area contributed by atoms with Gasteiger partial charge in [0.1, 0.15) is 0 Å². The summed E-state index contributed by atoms with van der Waals surface area (Å²) >= 11 is 6.03. The predicted molar refractivity (Wildman–Crippen MR) is 145 cm³/mol. The normalized spacial score (nSPS) is 24.8. The average molecular weight is 549 g/mol. The molecule has 1 aromatic carbocycles. The maximum absolute atomic E-state index is 13.4. The molecule has 0 aromatic heterocycles. The van der Waals surface area contributed by atoms with Gasteiger partial charge in [-0.05, 0) is 43.9 Å². The lowest BCUT2D eigenvalue weighted by atomic mass is 9.66. The van der Waals surface area contributed by atoms with E-state index in [2.05, 4.69) is 5.32 Å². The minimum atomic E-state index is -1.10. The predicted octanol–water partition coefficient (Wildman–Crippen LogP) is 2.43. The summed E-state index contributed by atoms with van der Waals surface area (Å²) < 4.78 is 0. The molecule has 4 N–H and O–H groups in total. The van der Waals surface area contributed by atoms with E-state index in [1.54, 1.807) is 28.9 Å². The molecule has 3 rings (SSSR count). The molecule has 2 heterocycles. The third-order valence-corrected chi connectivity index (χ3v) is 8.57. The van der Waals surface area contributed by atoms with Crippen molar-refractivity contribution in [3.63, 3.8) is 0 Å². The summed E-state index contributed by atoms with van der Waals surface area (Å²) in [6.07, 6.45) is 1.79. The first-order valence-corrected chi connectivity index (χ1v) is 13.8. The van der Waals surface area contributed by atoms with Crippen molar-refractivity contribution in [1.82, 2.24) is 15.1 Å². The van der Waals surface area contributed by atoms with Crippen LogP contribution in [-0.2, 0) is 24.8 Å². The number of hydrogen-bond donors (Lipinski definition) is 3. The zero-order chi connectivity index (χ0) is 28.3. The molecule has 10 heteroatoms. The van der Waals surface area contributed by atoms with E-state index in [4.69, 9.17) is 17.3 Å². The Hall–Kier alpha value is -2.65. The van der Waals surface area contributed by atoms with E-state index in [1.165, 1.54) is 0 Å². The van der Waals surface area contributed by atoms with Gasteiger partial charge in [-0.25, -0.2) is 0 Å². The molecule has 2 aliphatic heterocycles. The molecular weight excluding hydrogens is 508 g/mol. The minimum absolute atomic E-state index is 0.00668. The Labute approximate surface area is 230 Å². The van der Waals surface area contributed by atoms with Gasteiger partial charge in [0.2, 0.25) is 23.6 Å². The van der Waals surface area contributed by atoms with Crippen LogP contribution < -0.4 is 11.1 Å². The van der Waals surface area contributed by atoms with E-state index in [9.17, 15) is 24.3 Å². The molecule has 1 aromatic rings. The number of nitrogens with zero attached hydrogens (tertiary/aromatic N) is 2. The SMILES string of the molecule is CC(NC(=O)C1CCCN(C(=O)CCC(N)=O)C1)[C@@H](C)C(=O)N1CC[C@](O)(c2ccc(Cl)cc2)C(C)(C)C1. The van der Waals surface area contributed by atoms with E-state index in [1.807, 2.05) is 32.9 Å². The Morgan fingerprint density at radius 3 is 2.37 bits per heavy atom. The molecule has 4 amide bonds. The first kappa shape index (κ1) is 29.9. The Morgan fingerprint density at radius 2 is 1.76 bits per heavy atom. The highest BCUT2D eigenvalue weighted by Crippen LogP contribution is 2.46.